The van der Waals surface area contributed by atoms with Gasteiger partial charge in [0, 0.05) is 5.57 Å². The number of fused-ring (bicyclic) bond motifs is 1. The van der Waals surface area contributed by atoms with E-state index in [4.69, 9.17) is 4.74 Å². The van der Waals surface area contributed by atoms with Crippen LogP contribution in [0.1, 0.15) is 27.6 Å². The molecule has 0 aliphatic carbocycles. The number of para-hydroxylation sites is 1. The van der Waals surface area contributed by atoms with Gasteiger partial charge in [0.25, 0.3) is 0 Å². The summed E-state index contributed by atoms with van der Waals surface area (Å²) >= 11 is 0. The summed E-state index contributed by atoms with van der Waals surface area (Å²) in [6.45, 7) is 0. The fourth-order valence-electron chi connectivity index (χ4n) is 2.98. The molecule has 3 aromatic carbocycles. The molecule has 0 saturated carbocycles. The fraction of sp³-hybridized carbons (Fsp3) is 0.0455. The minimum atomic E-state index is -0.492. The third-order valence-corrected chi connectivity index (χ3v) is 4.22. The highest BCUT2D eigenvalue weighted by molar-refractivity contribution is 6.14. The Hall–Kier alpha value is -3.20. The molecule has 1 aliphatic heterocycles. The first kappa shape index (κ1) is 15.3. The molecule has 1 aliphatic rings. The lowest BCUT2D eigenvalue weighted by molar-refractivity contribution is 0.0963. The molecule has 0 saturated heterocycles. The highest BCUT2D eigenvalue weighted by Gasteiger charge is 2.32. The smallest absolute Gasteiger partial charge is 0.196 e. The van der Waals surface area contributed by atoms with Crippen LogP contribution < -0.4 is 4.74 Å². The summed E-state index contributed by atoms with van der Waals surface area (Å²) in [5, 5.41) is 0. The first-order chi connectivity index (χ1) is 12.2. The van der Waals surface area contributed by atoms with E-state index in [1.165, 1.54) is 12.1 Å². The van der Waals surface area contributed by atoms with Gasteiger partial charge in [0.2, 0.25) is 0 Å². The van der Waals surface area contributed by atoms with Gasteiger partial charge in [-0.3, -0.25) is 4.79 Å². The van der Waals surface area contributed by atoms with Gasteiger partial charge in [-0.15, -0.1) is 0 Å². The van der Waals surface area contributed by atoms with E-state index >= 15 is 0 Å². The fourth-order valence-corrected chi connectivity index (χ4v) is 2.98. The molecule has 2 nitrogen and oxygen atoms in total. The average molecular weight is 330 g/mol. The van der Waals surface area contributed by atoms with E-state index in [1.807, 2.05) is 42.5 Å². The van der Waals surface area contributed by atoms with Crippen molar-refractivity contribution in [2.24, 2.45) is 0 Å². The molecule has 3 aromatic rings. The zero-order valence-corrected chi connectivity index (χ0v) is 13.4. The molecule has 25 heavy (non-hydrogen) atoms. The Morgan fingerprint density at radius 1 is 0.840 bits per heavy atom. The molecule has 0 fully saturated rings. The average Bonchev–Trinajstić information content (AvgIpc) is 2.66. The maximum Gasteiger partial charge on any atom is 0.196 e. The van der Waals surface area contributed by atoms with E-state index in [-0.39, 0.29) is 11.6 Å². The molecule has 0 radical (unpaired) electrons. The topological polar surface area (TPSA) is 26.3 Å². The van der Waals surface area contributed by atoms with Crippen LogP contribution >= 0.6 is 0 Å². The van der Waals surface area contributed by atoms with Gasteiger partial charge < -0.3 is 4.74 Å². The monoisotopic (exact) mass is 330 g/mol. The second-order valence-electron chi connectivity index (χ2n) is 5.89. The molecule has 4 rings (SSSR count). The molecule has 1 atom stereocenters. The molecule has 0 amide bonds. The molecule has 1 heterocycles. The Morgan fingerprint density at radius 2 is 1.52 bits per heavy atom. The maximum absolute atomic E-state index is 13.2. The Balaban J connectivity index is 1.85. The predicted molar refractivity (Wildman–Crippen MR) is 95.0 cm³/mol. The van der Waals surface area contributed by atoms with Gasteiger partial charge in [-0.05, 0) is 41.5 Å². The summed E-state index contributed by atoms with van der Waals surface area (Å²) in [4.78, 5) is 13.0. The van der Waals surface area contributed by atoms with Gasteiger partial charge in [0.05, 0.1) is 5.56 Å². The minimum Gasteiger partial charge on any atom is -0.480 e. The van der Waals surface area contributed by atoms with Crippen LogP contribution in [0.15, 0.2) is 84.4 Å². The van der Waals surface area contributed by atoms with Crippen molar-refractivity contribution in [3.8, 4) is 5.75 Å². The molecule has 1 unspecified atom stereocenters. The summed E-state index contributed by atoms with van der Waals surface area (Å²) in [5.74, 6) is 0.205. The highest BCUT2D eigenvalue weighted by atomic mass is 19.1. The summed E-state index contributed by atoms with van der Waals surface area (Å²) in [6.07, 6.45) is 1.28. The van der Waals surface area contributed by atoms with Crippen molar-refractivity contribution in [2.45, 2.75) is 6.10 Å². The van der Waals surface area contributed by atoms with E-state index < -0.39 is 6.10 Å². The zero-order valence-electron chi connectivity index (χ0n) is 13.4. The molecular weight excluding hydrogens is 315 g/mol. The van der Waals surface area contributed by atoms with Crippen LogP contribution in [0.25, 0.3) is 6.08 Å². The van der Waals surface area contributed by atoms with E-state index in [2.05, 4.69) is 0 Å². The summed E-state index contributed by atoms with van der Waals surface area (Å²) in [7, 11) is 0. The molecule has 0 spiro atoms. The van der Waals surface area contributed by atoms with Crippen molar-refractivity contribution >= 4 is 11.9 Å². The maximum atomic E-state index is 13.2. The van der Waals surface area contributed by atoms with Crippen LogP contribution in [-0.4, -0.2) is 5.78 Å². The number of hydrogen-bond donors (Lipinski definition) is 0. The molecular formula is C22H15FO2. The number of rotatable bonds is 2. The number of Topliss-reactive ketones (excluding diaryl/α,β-unsaturated/α-hetero) is 1. The van der Waals surface area contributed by atoms with E-state index in [9.17, 15) is 9.18 Å². The van der Waals surface area contributed by atoms with Crippen molar-refractivity contribution in [2.75, 3.05) is 0 Å². The standard InChI is InChI=1S/C22H15FO2/c23-17-12-10-15(11-13-17)14-19-21(24)18-8-4-5-9-20(18)25-22(19)16-6-2-1-3-7-16/h1-14,22H. The second-order valence-corrected chi connectivity index (χ2v) is 5.89. The third-order valence-electron chi connectivity index (χ3n) is 4.22. The number of hydrogen-bond acceptors (Lipinski definition) is 2. The van der Waals surface area contributed by atoms with Gasteiger partial charge in [0.15, 0.2) is 11.9 Å². The first-order valence-electron chi connectivity index (χ1n) is 8.05. The molecule has 3 heteroatoms. The van der Waals surface area contributed by atoms with Gasteiger partial charge in [-0.25, -0.2) is 4.39 Å². The number of ketones is 1. The predicted octanol–water partition coefficient (Wildman–Crippen LogP) is 5.23. The zero-order chi connectivity index (χ0) is 17.2. The van der Waals surface area contributed by atoms with Crippen LogP contribution in [0.3, 0.4) is 0 Å². The van der Waals surface area contributed by atoms with Gasteiger partial charge in [0.1, 0.15) is 11.6 Å². The van der Waals surface area contributed by atoms with Crippen LogP contribution in [0.5, 0.6) is 5.75 Å². The lowest BCUT2D eigenvalue weighted by atomic mass is 9.89. The number of ether oxygens (including phenoxy) is 1. The van der Waals surface area contributed by atoms with Crippen LogP contribution in [-0.2, 0) is 0 Å². The summed E-state index contributed by atoms with van der Waals surface area (Å²) < 4.78 is 19.3. The first-order valence-corrected chi connectivity index (χ1v) is 8.05. The van der Waals surface area contributed by atoms with Crippen LogP contribution in [0.4, 0.5) is 4.39 Å². The van der Waals surface area contributed by atoms with Gasteiger partial charge in [-0.1, -0.05) is 54.6 Å². The lowest BCUT2D eigenvalue weighted by Gasteiger charge is -2.28. The number of benzene rings is 3. The quantitative estimate of drug-likeness (QED) is 0.602. The Bertz CT molecular complexity index is 943. The minimum absolute atomic E-state index is 0.0694. The third kappa shape index (κ3) is 2.96. The molecule has 0 bridgehead atoms. The van der Waals surface area contributed by atoms with Crippen molar-refractivity contribution in [3.63, 3.8) is 0 Å². The number of carbonyl (C=O) groups excluding carboxylic acids is 1. The van der Waals surface area contributed by atoms with E-state index in [0.29, 0.717) is 16.9 Å². The highest BCUT2D eigenvalue weighted by Crippen LogP contribution is 2.39. The SMILES string of the molecule is O=C1C(=Cc2ccc(F)cc2)C(c2ccccc2)Oc2ccccc21. The molecule has 0 N–H and O–H groups in total. The van der Waals surface area contributed by atoms with Crippen molar-refractivity contribution in [1.82, 2.24) is 0 Å². The van der Waals surface area contributed by atoms with Crippen molar-refractivity contribution < 1.29 is 13.9 Å². The molecule has 122 valence electrons. The molecule has 0 aromatic heterocycles. The second kappa shape index (κ2) is 6.36. The Labute approximate surface area is 145 Å². The normalized spacial score (nSPS) is 17.9. The van der Waals surface area contributed by atoms with Crippen molar-refractivity contribution in [1.29, 1.82) is 0 Å². The Morgan fingerprint density at radius 3 is 2.28 bits per heavy atom. The van der Waals surface area contributed by atoms with E-state index in [1.54, 1.807) is 30.3 Å². The van der Waals surface area contributed by atoms with E-state index in [0.717, 1.165) is 11.1 Å². The summed E-state index contributed by atoms with van der Waals surface area (Å²) in [6, 6.07) is 22.9. The largest absolute Gasteiger partial charge is 0.480 e. The lowest BCUT2D eigenvalue weighted by Crippen LogP contribution is -2.23. The van der Waals surface area contributed by atoms with Crippen LogP contribution in [0.2, 0.25) is 0 Å². The Kier molecular flexibility index (Phi) is 3.90. The number of halogens is 1. The summed E-state index contributed by atoms with van der Waals surface area (Å²) in [5.41, 5.74) is 2.74. The van der Waals surface area contributed by atoms with Gasteiger partial charge in [-0.2, -0.15) is 0 Å². The van der Waals surface area contributed by atoms with Gasteiger partial charge >= 0.3 is 0 Å². The van der Waals surface area contributed by atoms with Crippen LogP contribution in [0, 0.1) is 5.82 Å². The number of carbonyl (C=O) groups is 1. The van der Waals surface area contributed by atoms with Crippen molar-refractivity contribution in [3.05, 3.63) is 107 Å².